The Kier molecular flexibility index (Phi) is 2.59. The van der Waals surface area contributed by atoms with Crippen LogP contribution in [0.15, 0.2) is 23.4 Å². The standard InChI is InChI=1S/C12H12N6O/c1-3-8-7(2)10-16-17-12(19)18(10)11(15-8)9-6-13-4-5-14-9/h4-6H,3H2,1-2H3,(H,17,19). The summed E-state index contributed by atoms with van der Waals surface area (Å²) in [5.74, 6) is 0.462. The zero-order valence-electron chi connectivity index (χ0n) is 10.6. The number of nitrogens with one attached hydrogen (secondary N) is 1. The lowest BCUT2D eigenvalue weighted by Crippen LogP contribution is -2.15. The van der Waals surface area contributed by atoms with Crippen LogP contribution in [0, 0.1) is 6.92 Å². The minimum Gasteiger partial charge on any atom is -0.261 e. The fourth-order valence-electron chi connectivity index (χ4n) is 2.07. The van der Waals surface area contributed by atoms with E-state index in [1.165, 1.54) is 4.40 Å². The predicted octanol–water partition coefficient (Wildman–Crippen LogP) is 0.745. The third-order valence-electron chi connectivity index (χ3n) is 3.02. The summed E-state index contributed by atoms with van der Waals surface area (Å²) < 4.78 is 1.43. The lowest BCUT2D eigenvalue weighted by Gasteiger charge is -2.08. The fraction of sp³-hybridized carbons (Fsp3) is 0.250. The summed E-state index contributed by atoms with van der Waals surface area (Å²) in [5, 5.41) is 6.50. The monoisotopic (exact) mass is 256 g/mol. The van der Waals surface area contributed by atoms with Crippen molar-refractivity contribution in [1.29, 1.82) is 0 Å². The third-order valence-corrected chi connectivity index (χ3v) is 3.02. The largest absolute Gasteiger partial charge is 0.349 e. The molecule has 0 aliphatic carbocycles. The minimum atomic E-state index is -0.325. The third kappa shape index (κ3) is 1.70. The molecule has 0 saturated carbocycles. The SMILES string of the molecule is CCc1nc(-c2cnccn2)n2c(=O)[nH]nc2c1C. The second kappa shape index (κ2) is 4.27. The van der Waals surface area contributed by atoms with Crippen LogP contribution < -0.4 is 5.69 Å². The highest BCUT2D eigenvalue weighted by atomic mass is 16.1. The van der Waals surface area contributed by atoms with Gasteiger partial charge in [-0.2, -0.15) is 5.10 Å². The Hall–Kier alpha value is -2.57. The summed E-state index contributed by atoms with van der Waals surface area (Å²) in [6.45, 7) is 3.92. The number of hydrogen-bond donors (Lipinski definition) is 1. The van der Waals surface area contributed by atoms with E-state index in [1.807, 2.05) is 13.8 Å². The molecule has 0 saturated heterocycles. The molecule has 0 radical (unpaired) electrons. The van der Waals surface area contributed by atoms with Crippen LogP contribution in [0.3, 0.4) is 0 Å². The van der Waals surface area contributed by atoms with Gasteiger partial charge in [-0.25, -0.2) is 24.3 Å². The molecule has 96 valence electrons. The maximum Gasteiger partial charge on any atom is 0.349 e. The zero-order valence-corrected chi connectivity index (χ0v) is 10.6. The van der Waals surface area contributed by atoms with Gasteiger partial charge in [-0.3, -0.25) is 4.98 Å². The molecule has 7 heteroatoms. The molecular weight excluding hydrogens is 244 g/mol. The van der Waals surface area contributed by atoms with Crippen molar-refractivity contribution >= 4 is 5.65 Å². The highest BCUT2D eigenvalue weighted by Gasteiger charge is 2.16. The average Bonchev–Trinajstić information content (AvgIpc) is 2.83. The van der Waals surface area contributed by atoms with Gasteiger partial charge < -0.3 is 0 Å². The quantitative estimate of drug-likeness (QED) is 0.730. The lowest BCUT2D eigenvalue weighted by atomic mass is 10.2. The van der Waals surface area contributed by atoms with Gasteiger partial charge in [-0.05, 0) is 13.3 Å². The van der Waals surface area contributed by atoms with Gasteiger partial charge in [0.05, 0.1) is 6.20 Å². The van der Waals surface area contributed by atoms with Crippen LogP contribution in [0.2, 0.25) is 0 Å². The van der Waals surface area contributed by atoms with Gasteiger partial charge in [0.25, 0.3) is 0 Å². The highest BCUT2D eigenvalue weighted by Crippen LogP contribution is 2.18. The molecule has 1 N–H and O–H groups in total. The van der Waals surface area contributed by atoms with Gasteiger partial charge in [0, 0.05) is 23.7 Å². The summed E-state index contributed by atoms with van der Waals surface area (Å²) in [4.78, 5) is 24.6. The second-order valence-electron chi connectivity index (χ2n) is 4.14. The number of aryl methyl sites for hydroxylation is 2. The van der Waals surface area contributed by atoms with Crippen LogP contribution >= 0.6 is 0 Å². The van der Waals surface area contributed by atoms with Gasteiger partial charge in [-0.1, -0.05) is 6.92 Å². The van der Waals surface area contributed by atoms with Crippen molar-refractivity contribution in [1.82, 2.24) is 29.5 Å². The van der Waals surface area contributed by atoms with E-state index in [0.29, 0.717) is 17.2 Å². The van der Waals surface area contributed by atoms with E-state index < -0.39 is 0 Å². The second-order valence-corrected chi connectivity index (χ2v) is 4.14. The van der Waals surface area contributed by atoms with Crippen LogP contribution in [0.25, 0.3) is 17.2 Å². The number of rotatable bonds is 2. The van der Waals surface area contributed by atoms with Crippen molar-refractivity contribution in [3.8, 4) is 11.5 Å². The van der Waals surface area contributed by atoms with Crippen molar-refractivity contribution in [3.63, 3.8) is 0 Å². The summed E-state index contributed by atoms with van der Waals surface area (Å²) in [7, 11) is 0. The summed E-state index contributed by atoms with van der Waals surface area (Å²) in [5.41, 5.74) is 2.60. The molecule has 0 aliphatic heterocycles. The molecular formula is C12H12N6O. The van der Waals surface area contributed by atoms with Crippen molar-refractivity contribution < 1.29 is 0 Å². The minimum absolute atomic E-state index is 0.325. The number of aromatic nitrogens is 6. The first-order chi connectivity index (χ1) is 9.22. The molecule has 0 spiro atoms. The van der Waals surface area contributed by atoms with Gasteiger partial charge in [0.1, 0.15) is 5.69 Å². The molecule has 3 aromatic rings. The molecule has 3 heterocycles. The Balaban J connectivity index is 2.44. The molecule has 0 unspecified atom stereocenters. The predicted molar refractivity (Wildman–Crippen MR) is 68.7 cm³/mol. The maximum absolute atomic E-state index is 11.9. The molecule has 7 nitrogen and oxygen atoms in total. The van der Waals surface area contributed by atoms with Crippen molar-refractivity contribution in [2.75, 3.05) is 0 Å². The molecule has 19 heavy (non-hydrogen) atoms. The molecule has 0 atom stereocenters. The van der Waals surface area contributed by atoms with Crippen molar-refractivity contribution in [3.05, 3.63) is 40.3 Å². The van der Waals surface area contributed by atoms with E-state index in [9.17, 15) is 4.79 Å². The van der Waals surface area contributed by atoms with Crippen LogP contribution in [0.5, 0.6) is 0 Å². The average molecular weight is 256 g/mol. The summed E-state index contributed by atoms with van der Waals surface area (Å²) >= 11 is 0. The first kappa shape index (κ1) is 11.5. The van der Waals surface area contributed by atoms with Gasteiger partial charge >= 0.3 is 5.69 Å². The molecule has 3 rings (SSSR count). The Morgan fingerprint density at radius 2 is 2.21 bits per heavy atom. The Morgan fingerprint density at radius 3 is 2.89 bits per heavy atom. The van der Waals surface area contributed by atoms with E-state index in [4.69, 9.17) is 0 Å². The van der Waals surface area contributed by atoms with E-state index in [0.717, 1.165) is 17.7 Å². The fourth-order valence-corrected chi connectivity index (χ4v) is 2.07. The summed E-state index contributed by atoms with van der Waals surface area (Å²) in [6, 6.07) is 0. The highest BCUT2D eigenvalue weighted by molar-refractivity contribution is 5.58. The van der Waals surface area contributed by atoms with E-state index in [2.05, 4.69) is 25.1 Å². The molecule has 0 aromatic carbocycles. The maximum atomic E-state index is 11.9. The van der Waals surface area contributed by atoms with Gasteiger partial charge in [0.15, 0.2) is 11.5 Å². The topological polar surface area (TPSA) is 88.8 Å². The number of hydrogen-bond acceptors (Lipinski definition) is 5. The first-order valence-corrected chi connectivity index (χ1v) is 5.95. The van der Waals surface area contributed by atoms with Crippen LogP contribution in [-0.2, 0) is 6.42 Å². The van der Waals surface area contributed by atoms with Crippen LogP contribution in [-0.4, -0.2) is 29.5 Å². The summed E-state index contributed by atoms with van der Waals surface area (Å²) in [6.07, 6.45) is 5.49. The van der Waals surface area contributed by atoms with Crippen LogP contribution in [0.4, 0.5) is 0 Å². The molecule has 0 bridgehead atoms. The first-order valence-electron chi connectivity index (χ1n) is 5.95. The van der Waals surface area contributed by atoms with E-state index in [1.54, 1.807) is 18.6 Å². The lowest BCUT2D eigenvalue weighted by molar-refractivity contribution is 0.934. The van der Waals surface area contributed by atoms with Crippen LogP contribution in [0.1, 0.15) is 18.2 Å². The molecule has 0 amide bonds. The Morgan fingerprint density at radius 1 is 1.37 bits per heavy atom. The Labute approximate surface area is 108 Å². The molecule has 3 aromatic heterocycles. The van der Waals surface area contributed by atoms with E-state index >= 15 is 0 Å². The number of fused-ring (bicyclic) bond motifs is 1. The number of aromatic amines is 1. The molecule has 0 aliphatic rings. The number of H-pyrrole nitrogens is 1. The smallest absolute Gasteiger partial charge is 0.261 e. The molecule has 0 fully saturated rings. The number of nitrogens with zero attached hydrogens (tertiary/aromatic N) is 5. The van der Waals surface area contributed by atoms with Gasteiger partial charge in [-0.15, -0.1) is 0 Å². The van der Waals surface area contributed by atoms with E-state index in [-0.39, 0.29) is 5.69 Å². The van der Waals surface area contributed by atoms with Gasteiger partial charge in [0.2, 0.25) is 0 Å². The zero-order chi connectivity index (χ0) is 13.4. The van der Waals surface area contributed by atoms with Crippen molar-refractivity contribution in [2.24, 2.45) is 0 Å². The Bertz CT molecular complexity index is 789. The van der Waals surface area contributed by atoms with Crippen molar-refractivity contribution in [2.45, 2.75) is 20.3 Å². The normalized spacial score (nSPS) is 11.1.